The van der Waals surface area contributed by atoms with Crippen molar-refractivity contribution in [3.05, 3.63) is 169 Å². The van der Waals surface area contributed by atoms with E-state index in [1.807, 2.05) is 0 Å². The lowest BCUT2D eigenvalue weighted by molar-refractivity contribution is 1.54. The Balaban J connectivity index is 1.40. The van der Waals surface area contributed by atoms with Crippen molar-refractivity contribution in [2.45, 2.75) is 6.92 Å². The molecule has 226 valence electrons. The maximum atomic E-state index is 2.49. The molecule has 11 rings (SSSR count). The lowest BCUT2D eigenvalue weighted by Crippen LogP contribution is -1.94. The van der Waals surface area contributed by atoms with Gasteiger partial charge in [0, 0.05) is 0 Å². The van der Waals surface area contributed by atoms with Crippen molar-refractivity contribution in [1.29, 1.82) is 0 Å². The summed E-state index contributed by atoms with van der Waals surface area (Å²) in [4.78, 5) is 0. The highest BCUT2D eigenvalue weighted by molar-refractivity contribution is 6.32. The molecule has 0 aliphatic heterocycles. The second kappa shape index (κ2) is 9.89. The first-order valence-electron chi connectivity index (χ1n) is 17.2. The molecule has 0 saturated carbocycles. The fraction of sp³-hybridized carbons (Fsp3) is 0.0204. The third-order valence-electron chi connectivity index (χ3n) is 11.0. The zero-order chi connectivity index (χ0) is 32.2. The summed E-state index contributed by atoms with van der Waals surface area (Å²) in [5.41, 5.74) is 11.8. The Morgan fingerprint density at radius 2 is 0.776 bits per heavy atom. The number of aryl methyl sites for hydroxylation is 1. The van der Waals surface area contributed by atoms with E-state index in [9.17, 15) is 0 Å². The normalized spacial score (nSPS) is 12.2. The van der Waals surface area contributed by atoms with Crippen LogP contribution in [-0.2, 0) is 0 Å². The molecule has 10 aromatic carbocycles. The first-order chi connectivity index (χ1) is 24.2. The predicted molar refractivity (Wildman–Crippen MR) is 212 cm³/mol. The number of hydrogen-bond acceptors (Lipinski definition) is 0. The van der Waals surface area contributed by atoms with Crippen molar-refractivity contribution in [3.63, 3.8) is 0 Å². The summed E-state index contributed by atoms with van der Waals surface area (Å²) in [5.74, 6) is 0. The highest BCUT2D eigenvalue weighted by atomic mass is 14.3. The van der Waals surface area contributed by atoms with Crippen LogP contribution in [0.25, 0.3) is 109 Å². The third-order valence-corrected chi connectivity index (χ3v) is 11.0. The predicted octanol–water partition coefficient (Wildman–Crippen LogP) is 13.9. The van der Waals surface area contributed by atoms with E-state index >= 15 is 0 Å². The van der Waals surface area contributed by atoms with Crippen LogP contribution in [-0.4, -0.2) is 0 Å². The monoisotopic (exact) mass is 618 g/mol. The zero-order valence-corrected chi connectivity index (χ0v) is 27.1. The maximum Gasteiger partial charge on any atom is -0.000718 e. The maximum absolute atomic E-state index is 2.49. The molecule has 1 aliphatic rings. The van der Waals surface area contributed by atoms with E-state index < -0.39 is 0 Å². The molecule has 0 atom stereocenters. The van der Waals surface area contributed by atoms with Crippen molar-refractivity contribution in [2.75, 3.05) is 0 Å². The van der Waals surface area contributed by atoms with Crippen LogP contribution in [0.15, 0.2) is 164 Å². The smallest absolute Gasteiger partial charge is 0.000718 e. The molecule has 0 saturated heterocycles. The standard InChI is InChI=1S/C49H30/c1-29-10-8-17-38-39-18-9-19-40-47(39)44(28-41(29)38)49-46(37-23-21-31-12-3-5-14-33(31)25-37)43-27-35-16-7-6-15-34(35)26-42(43)45(48(40)49)36-22-20-30-11-2-4-13-32(30)24-36/h2-28H,1H3. The van der Waals surface area contributed by atoms with Crippen LogP contribution in [0, 0.1) is 6.92 Å². The van der Waals surface area contributed by atoms with Crippen molar-refractivity contribution < 1.29 is 0 Å². The molecule has 0 N–H and O–H groups in total. The molecule has 0 unspecified atom stereocenters. The van der Waals surface area contributed by atoms with E-state index in [0.29, 0.717) is 0 Å². The van der Waals surface area contributed by atoms with E-state index in [2.05, 4.69) is 171 Å². The van der Waals surface area contributed by atoms with Crippen LogP contribution < -0.4 is 0 Å². The van der Waals surface area contributed by atoms with Crippen molar-refractivity contribution in [1.82, 2.24) is 0 Å². The Kier molecular flexibility index (Phi) is 5.41. The van der Waals surface area contributed by atoms with Crippen LogP contribution >= 0.6 is 0 Å². The molecular weight excluding hydrogens is 589 g/mol. The lowest BCUT2D eigenvalue weighted by Gasteiger charge is -2.22. The molecular formula is C49H30. The number of fused-ring (bicyclic) bond motifs is 9. The van der Waals surface area contributed by atoms with Gasteiger partial charge in [0.05, 0.1) is 0 Å². The molecule has 0 heterocycles. The largest absolute Gasteiger partial charge is 0.0616 e. The number of benzene rings is 10. The van der Waals surface area contributed by atoms with Gasteiger partial charge in [-0.1, -0.05) is 133 Å². The fourth-order valence-electron chi connectivity index (χ4n) is 8.80. The quantitative estimate of drug-likeness (QED) is 0.134. The average Bonchev–Trinajstić information content (AvgIpc) is 3.47. The Bertz CT molecular complexity index is 3050. The van der Waals surface area contributed by atoms with Gasteiger partial charge in [-0.2, -0.15) is 0 Å². The van der Waals surface area contributed by atoms with Gasteiger partial charge in [0.2, 0.25) is 0 Å². The summed E-state index contributed by atoms with van der Waals surface area (Å²) in [6.07, 6.45) is 0. The molecule has 49 heavy (non-hydrogen) atoms. The van der Waals surface area contributed by atoms with Gasteiger partial charge in [-0.25, -0.2) is 0 Å². The second-order valence-electron chi connectivity index (χ2n) is 13.7. The van der Waals surface area contributed by atoms with Crippen LogP contribution in [0.1, 0.15) is 5.56 Å². The van der Waals surface area contributed by atoms with E-state index in [4.69, 9.17) is 0 Å². The SMILES string of the molecule is Cc1cccc2c1cc1c3c(cccc32)-c2c-1c(-c1ccc3ccccc3c1)c1cc3ccccc3cc1c2-c1ccc2ccccc2c1. The molecule has 0 fully saturated rings. The Morgan fingerprint density at radius 3 is 1.37 bits per heavy atom. The molecule has 0 heteroatoms. The number of rotatable bonds is 2. The topological polar surface area (TPSA) is 0 Å². The summed E-state index contributed by atoms with van der Waals surface area (Å²) < 4.78 is 0. The van der Waals surface area contributed by atoms with Crippen molar-refractivity contribution in [3.8, 4) is 44.5 Å². The Hall–Kier alpha value is -6.24. The summed E-state index contributed by atoms with van der Waals surface area (Å²) in [7, 11) is 0. The van der Waals surface area contributed by atoms with Crippen molar-refractivity contribution in [2.24, 2.45) is 0 Å². The second-order valence-corrected chi connectivity index (χ2v) is 13.7. The van der Waals surface area contributed by atoms with Crippen molar-refractivity contribution >= 4 is 64.6 Å². The molecule has 10 aromatic rings. The van der Waals surface area contributed by atoms with Gasteiger partial charge in [0.15, 0.2) is 0 Å². The van der Waals surface area contributed by atoms with E-state index in [0.717, 1.165) is 0 Å². The van der Waals surface area contributed by atoms with Crippen LogP contribution in [0.2, 0.25) is 0 Å². The minimum absolute atomic E-state index is 1.26. The van der Waals surface area contributed by atoms with Gasteiger partial charge in [-0.05, 0) is 152 Å². The summed E-state index contributed by atoms with van der Waals surface area (Å²) in [5, 5.41) is 15.5. The molecule has 0 nitrogen and oxygen atoms in total. The molecule has 0 radical (unpaired) electrons. The molecule has 0 aromatic heterocycles. The summed E-state index contributed by atoms with van der Waals surface area (Å²) in [6, 6.07) is 61.5. The van der Waals surface area contributed by atoms with Gasteiger partial charge < -0.3 is 0 Å². The van der Waals surface area contributed by atoms with Gasteiger partial charge in [0.1, 0.15) is 0 Å². The van der Waals surface area contributed by atoms with E-state index in [-0.39, 0.29) is 0 Å². The molecule has 1 aliphatic carbocycles. The van der Waals surface area contributed by atoms with Crippen LogP contribution in [0.5, 0.6) is 0 Å². The third kappa shape index (κ3) is 3.75. The summed E-state index contributed by atoms with van der Waals surface area (Å²) >= 11 is 0. The minimum atomic E-state index is 1.26. The lowest BCUT2D eigenvalue weighted by atomic mass is 9.81. The molecule has 0 bridgehead atoms. The van der Waals surface area contributed by atoms with Crippen LogP contribution in [0.3, 0.4) is 0 Å². The zero-order valence-electron chi connectivity index (χ0n) is 27.1. The molecule has 0 amide bonds. The van der Waals surface area contributed by atoms with Gasteiger partial charge >= 0.3 is 0 Å². The minimum Gasteiger partial charge on any atom is -0.0616 e. The highest BCUT2D eigenvalue weighted by Crippen LogP contribution is 2.59. The van der Waals surface area contributed by atoms with Crippen LogP contribution in [0.4, 0.5) is 0 Å². The fourth-order valence-corrected chi connectivity index (χ4v) is 8.80. The van der Waals surface area contributed by atoms with Gasteiger partial charge in [-0.15, -0.1) is 0 Å². The highest BCUT2D eigenvalue weighted by Gasteiger charge is 2.31. The Labute approximate surface area is 284 Å². The molecule has 0 spiro atoms. The van der Waals surface area contributed by atoms with E-state index in [1.54, 1.807) is 0 Å². The first-order valence-corrected chi connectivity index (χ1v) is 17.2. The van der Waals surface area contributed by atoms with Gasteiger partial charge in [-0.3, -0.25) is 0 Å². The average molecular weight is 619 g/mol. The summed E-state index contributed by atoms with van der Waals surface area (Å²) in [6.45, 7) is 2.25. The van der Waals surface area contributed by atoms with E-state index in [1.165, 1.54) is 115 Å². The number of hydrogen-bond donors (Lipinski definition) is 0. The first kappa shape index (κ1) is 26.8. The Morgan fingerprint density at radius 1 is 0.286 bits per heavy atom. The van der Waals surface area contributed by atoms with Gasteiger partial charge in [0.25, 0.3) is 0 Å².